The highest BCUT2D eigenvalue weighted by atomic mass is 16.5. The molecular formula is C9H14O3. The molecule has 0 aromatic rings. The van der Waals surface area contributed by atoms with E-state index in [4.69, 9.17) is 4.74 Å². The van der Waals surface area contributed by atoms with Crippen molar-refractivity contribution >= 4 is 11.6 Å². The van der Waals surface area contributed by atoms with Gasteiger partial charge in [-0.1, -0.05) is 0 Å². The van der Waals surface area contributed by atoms with Crippen molar-refractivity contribution in [2.75, 3.05) is 6.61 Å². The first-order valence-corrected chi connectivity index (χ1v) is 3.93. The smallest absolute Gasteiger partial charge is 0.204 e. The van der Waals surface area contributed by atoms with Crippen molar-refractivity contribution in [1.29, 1.82) is 0 Å². The van der Waals surface area contributed by atoms with E-state index in [1.807, 2.05) is 0 Å². The predicted octanol–water partition coefficient (Wildman–Crippen LogP) is 1.47. The Kier molecular flexibility index (Phi) is 5.00. The highest BCUT2D eigenvalue weighted by Gasteiger charge is 2.11. The summed E-state index contributed by atoms with van der Waals surface area (Å²) in [5.74, 6) is -0.0985. The summed E-state index contributed by atoms with van der Waals surface area (Å²) in [5.41, 5.74) is 0. The van der Waals surface area contributed by atoms with Gasteiger partial charge in [0.1, 0.15) is 5.78 Å². The molecule has 0 atom stereocenters. The van der Waals surface area contributed by atoms with E-state index in [1.54, 1.807) is 19.9 Å². The second kappa shape index (κ2) is 5.52. The Balaban J connectivity index is 4.14. The van der Waals surface area contributed by atoms with Gasteiger partial charge in [0, 0.05) is 0 Å². The van der Waals surface area contributed by atoms with Crippen LogP contribution in [0, 0.1) is 0 Å². The Hall–Kier alpha value is -1.12. The monoisotopic (exact) mass is 170 g/mol. The van der Waals surface area contributed by atoms with Gasteiger partial charge in [-0.05, 0) is 26.8 Å². The Morgan fingerprint density at radius 2 is 2.00 bits per heavy atom. The summed E-state index contributed by atoms with van der Waals surface area (Å²) in [6.07, 6.45) is 1.51. The number of allylic oxidation sites excluding steroid dienone is 2. The molecule has 68 valence electrons. The minimum absolute atomic E-state index is 0.0698. The Morgan fingerprint density at radius 1 is 1.42 bits per heavy atom. The average Bonchev–Trinajstić information content (AvgIpc) is 1.98. The molecule has 0 heterocycles. The van der Waals surface area contributed by atoms with Crippen LogP contribution in [0.3, 0.4) is 0 Å². The Morgan fingerprint density at radius 3 is 2.33 bits per heavy atom. The topological polar surface area (TPSA) is 43.4 Å². The number of ketones is 2. The summed E-state index contributed by atoms with van der Waals surface area (Å²) in [5, 5.41) is 0. The molecule has 0 radical (unpaired) electrons. The summed E-state index contributed by atoms with van der Waals surface area (Å²) < 4.78 is 5.01. The van der Waals surface area contributed by atoms with Gasteiger partial charge in [0.2, 0.25) is 5.78 Å². The third kappa shape index (κ3) is 3.91. The van der Waals surface area contributed by atoms with Gasteiger partial charge in [-0.2, -0.15) is 0 Å². The molecule has 0 unspecified atom stereocenters. The number of carbonyl (C=O) groups excluding carboxylic acids is 2. The van der Waals surface area contributed by atoms with E-state index in [1.165, 1.54) is 6.92 Å². The van der Waals surface area contributed by atoms with Crippen molar-refractivity contribution in [3.05, 3.63) is 11.8 Å². The molecule has 0 aromatic carbocycles. The first-order chi connectivity index (χ1) is 5.61. The SMILES string of the molecule is CC=C(OCC)C(=O)CC(C)=O. The molecule has 0 aliphatic heterocycles. The maximum atomic E-state index is 11.2. The average molecular weight is 170 g/mol. The van der Waals surface area contributed by atoms with E-state index in [0.29, 0.717) is 6.61 Å². The van der Waals surface area contributed by atoms with E-state index in [0.717, 1.165) is 0 Å². The van der Waals surface area contributed by atoms with Crippen molar-refractivity contribution in [3.63, 3.8) is 0 Å². The van der Waals surface area contributed by atoms with Crippen LogP contribution in [0.2, 0.25) is 0 Å². The second-order valence-electron chi connectivity index (χ2n) is 2.39. The predicted molar refractivity (Wildman–Crippen MR) is 45.7 cm³/mol. The van der Waals surface area contributed by atoms with E-state index < -0.39 is 0 Å². The minimum Gasteiger partial charge on any atom is -0.490 e. The summed E-state index contributed by atoms with van der Waals surface area (Å²) in [4.78, 5) is 21.7. The molecule has 0 aliphatic rings. The molecule has 0 aromatic heterocycles. The molecule has 0 saturated heterocycles. The van der Waals surface area contributed by atoms with Gasteiger partial charge < -0.3 is 4.74 Å². The third-order valence-corrected chi connectivity index (χ3v) is 1.25. The van der Waals surface area contributed by atoms with E-state index >= 15 is 0 Å². The first kappa shape index (κ1) is 10.9. The number of hydrogen-bond donors (Lipinski definition) is 0. The molecule has 0 rings (SSSR count). The fourth-order valence-electron chi connectivity index (χ4n) is 0.794. The van der Waals surface area contributed by atoms with Crippen LogP contribution in [0.5, 0.6) is 0 Å². The highest BCUT2D eigenvalue weighted by molar-refractivity contribution is 6.05. The van der Waals surface area contributed by atoms with Gasteiger partial charge in [-0.3, -0.25) is 9.59 Å². The fourth-order valence-corrected chi connectivity index (χ4v) is 0.794. The highest BCUT2D eigenvalue weighted by Crippen LogP contribution is 2.02. The van der Waals surface area contributed by atoms with Crippen LogP contribution >= 0.6 is 0 Å². The Labute approximate surface area is 72.4 Å². The van der Waals surface area contributed by atoms with Gasteiger partial charge in [-0.25, -0.2) is 0 Å². The van der Waals surface area contributed by atoms with Crippen molar-refractivity contribution in [3.8, 4) is 0 Å². The van der Waals surface area contributed by atoms with E-state index in [-0.39, 0.29) is 23.7 Å². The van der Waals surface area contributed by atoms with Crippen LogP contribution in [0.25, 0.3) is 0 Å². The second-order valence-corrected chi connectivity index (χ2v) is 2.39. The van der Waals surface area contributed by atoms with E-state index in [9.17, 15) is 9.59 Å². The maximum Gasteiger partial charge on any atom is 0.204 e. The van der Waals surface area contributed by atoms with Gasteiger partial charge in [0.05, 0.1) is 13.0 Å². The number of rotatable bonds is 5. The van der Waals surface area contributed by atoms with Gasteiger partial charge >= 0.3 is 0 Å². The lowest BCUT2D eigenvalue weighted by Gasteiger charge is -2.04. The molecule has 3 nitrogen and oxygen atoms in total. The lowest BCUT2D eigenvalue weighted by atomic mass is 10.2. The molecule has 0 aliphatic carbocycles. The number of hydrogen-bond acceptors (Lipinski definition) is 3. The minimum atomic E-state index is -0.244. The standard InChI is InChI=1S/C9H14O3/c1-4-9(12-5-2)8(11)6-7(3)10/h4H,5-6H2,1-3H3. The van der Waals surface area contributed by atoms with Crippen LogP contribution in [-0.4, -0.2) is 18.2 Å². The molecule has 0 N–H and O–H groups in total. The summed E-state index contributed by atoms with van der Waals surface area (Å²) in [6, 6.07) is 0. The van der Waals surface area contributed by atoms with Crippen LogP contribution in [0.15, 0.2) is 11.8 Å². The Bertz CT molecular complexity index is 204. The molecule has 0 saturated carbocycles. The zero-order valence-electron chi connectivity index (χ0n) is 7.72. The normalized spacial score (nSPS) is 11.1. The summed E-state index contributed by atoms with van der Waals surface area (Å²) >= 11 is 0. The van der Waals surface area contributed by atoms with Crippen LogP contribution in [0.1, 0.15) is 27.2 Å². The van der Waals surface area contributed by atoms with Crippen molar-refractivity contribution < 1.29 is 14.3 Å². The maximum absolute atomic E-state index is 11.2. The first-order valence-electron chi connectivity index (χ1n) is 3.93. The van der Waals surface area contributed by atoms with Crippen LogP contribution < -0.4 is 0 Å². The summed E-state index contributed by atoms with van der Waals surface area (Å²) in [7, 11) is 0. The zero-order chi connectivity index (χ0) is 9.56. The van der Waals surface area contributed by atoms with Crippen molar-refractivity contribution in [1.82, 2.24) is 0 Å². The molecule has 0 amide bonds. The number of ether oxygens (including phenoxy) is 1. The van der Waals surface area contributed by atoms with Crippen molar-refractivity contribution in [2.45, 2.75) is 27.2 Å². The molecule has 0 bridgehead atoms. The quantitative estimate of drug-likeness (QED) is 0.356. The van der Waals surface area contributed by atoms with Crippen LogP contribution in [-0.2, 0) is 14.3 Å². The van der Waals surface area contributed by atoms with Gasteiger partial charge in [0.15, 0.2) is 5.76 Å². The fraction of sp³-hybridized carbons (Fsp3) is 0.556. The van der Waals surface area contributed by atoms with Gasteiger partial charge in [0.25, 0.3) is 0 Å². The summed E-state index contributed by atoms with van der Waals surface area (Å²) in [6.45, 7) is 5.34. The van der Waals surface area contributed by atoms with E-state index in [2.05, 4.69) is 0 Å². The molecule has 0 spiro atoms. The molecular weight excluding hydrogens is 156 g/mol. The lowest BCUT2D eigenvalue weighted by molar-refractivity contribution is -0.125. The molecule has 3 heteroatoms. The number of carbonyl (C=O) groups is 2. The largest absolute Gasteiger partial charge is 0.490 e. The van der Waals surface area contributed by atoms with Gasteiger partial charge in [-0.15, -0.1) is 0 Å². The van der Waals surface area contributed by atoms with Crippen LogP contribution in [0.4, 0.5) is 0 Å². The molecule has 12 heavy (non-hydrogen) atoms. The van der Waals surface area contributed by atoms with Crippen molar-refractivity contribution in [2.24, 2.45) is 0 Å². The molecule has 0 fully saturated rings. The lowest BCUT2D eigenvalue weighted by Crippen LogP contribution is -2.09. The third-order valence-electron chi connectivity index (χ3n) is 1.25. The zero-order valence-corrected chi connectivity index (χ0v) is 7.72. The number of Topliss-reactive ketones (excluding diaryl/α,β-unsaturated/α-hetero) is 2.